The van der Waals surface area contributed by atoms with E-state index in [1.165, 1.54) is 5.56 Å². The molecule has 0 spiro atoms. The van der Waals surface area contributed by atoms with Crippen LogP contribution in [-0.4, -0.2) is 13.7 Å². The zero-order chi connectivity index (χ0) is 11.4. The molecule has 1 atom stereocenters. The van der Waals surface area contributed by atoms with Gasteiger partial charge in [-0.25, -0.2) is 0 Å². The molecule has 1 aromatic rings. The van der Waals surface area contributed by atoms with Crippen LogP contribution in [0.2, 0.25) is 0 Å². The summed E-state index contributed by atoms with van der Waals surface area (Å²) in [6, 6.07) is 4.13. The van der Waals surface area contributed by atoms with E-state index in [0.29, 0.717) is 6.54 Å². The molecule has 4 N–H and O–H groups in total. The first-order chi connectivity index (χ1) is 7.10. The predicted molar refractivity (Wildman–Crippen MR) is 63.1 cm³/mol. The Kier molecular flexibility index (Phi) is 4.12. The van der Waals surface area contributed by atoms with Gasteiger partial charge in [0.15, 0.2) is 0 Å². The fourth-order valence-corrected chi connectivity index (χ4v) is 1.88. The van der Waals surface area contributed by atoms with Gasteiger partial charge in [0, 0.05) is 11.6 Å². The molecule has 0 saturated carbocycles. The van der Waals surface area contributed by atoms with Crippen molar-refractivity contribution in [2.75, 3.05) is 13.7 Å². The Labute approximate surface area is 91.4 Å². The van der Waals surface area contributed by atoms with E-state index in [1.54, 1.807) is 7.11 Å². The van der Waals surface area contributed by atoms with Gasteiger partial charge >= 0.3 is 0 Å². The van der Waals surface area contributed by atoms with Crippen molar-refractivity contribution in [2.24, 2.45) is 11.5 Å². The fourth-order valence-electron chi connectivity index (χ4n) is 1.88. The van der Waals surface area contributed by atoms with Crippen LogP contribution in [0.3, 0.4) is 0 Å². The van der Waals surface area contributed by atoms with Crippen LogP contribution >= 0.6 is 0 Å². The summed E-state index contributed by atoms with van der Waals surface area (Å²) >= 11 is 0. The zero-order valence-electron chi connectivity index (χ0n) is 9.71. The standard InChI is InChI=1S/C12H20N2O/c1-8-6-9(2)12(15-3)10(7-8)11(14)4-5-13/h6-7,11H,4-5,13-14H2,1-3H3. The van der Waals surface area contributed by atoms with Crippen LogP contribution in [0.1, 0.15) is 29.2 Å². The van der Waals surface area contributed by atoms with Crippen molar-refractivity contribution >= 4 is 0 Å². The van der Waals surface area contributed by atoms with E-state index >= 15 is 0 Å². The second-order valence-corrected chi connectivity index (χ2v) is 3.89. The quantitative estimate of drug-likeness (QED) is 0.791. The molecule has 0 aromatic heterocycles. The summed E-state index contributed by atoms with van der Waals surface area (Å²) in [5.74, 6) is 0.890. The lowest BCUT2D eigenvalue weighted by Crippen LogP contribution is -2.16. The molecule has 0 amide bonds. The van der Waals surface area contributed by atoms with Gasteiger partial charge in [-0.2, -0.15) is 0 Å². The van der Waals surface area contributed by atoms with Gasteiger partial charge < -0.3 is 16.2 Å². The zero-order valence-corrected chi connectivity index (χ0v) is 9.71. The van der Waals surface area contributed by atoms with Gasteiger partial charge in [-0.1, -0.05) is 17.7 Å². The molecule has 1 unspecified atom stereocenters. The first-order valence-electron chi connectivity index (χ1n) is 5.21. The highest BCUT2D eigenvalue weighted by Gasteiger charge is 2.13. The average molecular weight is 208 g/mol. The van der Waals surface area contributed by atoms with Crippen LogP contribution in [-0.2, 0) is 0 Å². The third-order valence-electron chi connectivity index (χ3n) is 2.53. The maximum atomic E-state index is 6.06. The van der Waals surface area contributed by atoms with Crippen LogP contribution in [0, 0.1) is 13.8 Å². The Morgan fingerprint density at radius 1 is 1.33 bits per heavy atom. The van der Waals surface area contributed by atoms with Crippen LogP contribution in [0.25, 0.3) is 0 Å². The molecule has 0 radical (unpaired) electrons. The molecule has 0 fully saturated rings. The molecule has 0 aliphatic heterocycles. The Hall–Kier alpha value is -1.06. The third-order valence-corrected chi connectivity index (χ3v) is 2.53. The number of aryl methyl sites for hydroxylation is 2. The molecule has 0 aliphatic rings. The molecule has 3 heteroatoms. The van der Waals surface area contributed by atoms with Gasteiger partial charge in [-0.05, 0) is 32.4 Å². The van der Waals surface area contributed by atoms with Gasteiger partial charge in [-0.15, -0.1) is 0 Å². The minimum absolute atomic E-state index is 0.0384. The maximum Gasteiger partial charge on any atom is 0.126 e. The van der Waals surface area contributed by atoms with Gasteiger partial charge in [-0.3, -0.25) is 0 Å². The van der Waals surface area contributed by atoms with Gasteiger partial charge in [0.2, 0.25) is 0 Å². The number of nitrogens with two attached hydrogens (primary N) is 2. The number of methoxy groups -OCH3 is 1. The first-order valence-corrected chi connectivity index (χ1v) is 5.21. The molecular weight excluding hydrogens is 188 g/mol. The number of hydrogen-bond donors (Lipinski definition) is 2. The van der Waals surface area contributed by atoms with E-state index in [-0.39, 0.29) is 6.04 Å². The molecule has 1 rings (SSSR count). The van der Waals surface area contributed by atoms with Gasteiger partial charge in [0.05, 0.1) is 7.11 Å². The number of hydrogen-bond acceptors (Lipinski definition) is 3. The molecule has 1 aromatic carbocycles. The lowest BCUT2D eigenvalue weighted by atomic mass is 9.98. The lowest BCUT2D eigenvalue weighted by Gasteiger charge is -2.17. The number of ether oxygens (including phenoxy) is 1. The van der Waals surface area contributed by atoms with Crippen LogP contribution in [0.5, 0.6) is 5.75 Å². The second kappa shape index (κ2) is 5.14. The maximum absolute atomic E-state index is 6.06. The molecule has 15 heavy (non-hydrogen) atoms. The highest BCUT2D eigenvalue weighted by atomic mass is 16.5. The highest BCUT2D eigenvalue weighted by Crippen LogP contribution is 2.30. The summed E-state index contributed by atoms with van der Waals surface area (Å²) in [4.78, 5) is 0. The van der Waals surface area contributed by atoms with Crippen molar-refractivity contribution in [3.8, 4) is 5.75 Å². The molecule has 3 nitrogen and oxygen atoms in total. The minimum atomic E-state index is -0.0384. The average Bonchev–Trinajstić information content (AvgIpc) is 2.17. The first kappa shape index (κ1) is 12.0. The third kappa shape index (κ3) is 2.70. The second-order valence-electron chi connectivity index (χ2n) is 3.89. The highest BCUT2D eigenvalue weighted by molar-refractivity contribution is 5.45. The fraction of sp³-hybridized carbons (Fsp3) is 0.500. The van der Waals surface area contributed by atoms with E-state index in [4.69, 9.17) is 16.2 Å². The van der Waals surface area contributed by atoms with Gasteiger partial charge in [0.1, 0.15) is 5.75 Å². The van der Waals surface area contributed by atoms with Crippen molar-refractivity contribution in [1.29, 1.82) is 0 Å². The summed E-state index contributed by atoms with van der Waals surface area (Å²) in [6.45, 7) is 4.69. The largest absolute Gasteiger partial charge is 0.496 e. The van der Waals surface area contributed by atoms with E-state index < -0.39 is 0 Å². The van der Waals surface area contributed by atoms with Gasteiger partial charge in [0.25, 0.3) is 0 Å². The lowest BCUT2D eigenvalue weighted by molar-refractivity contribution is 0.401. The number of benzene rings is 1. The van der Waals surface area contributed by atoms with Crippen molar-refractivity contribution < 1.29 is 4.74 Å². The minimum Gasteiger partial charge on any atom is -0.496 e. The molecule has 0 saturated heterocycles. The van der Waals surface area contributed by atoms with E-state index in [9.17, 15) is 0 Å². The summed E-state index contributed by atoms with van der Waals surface area (Å²) in [6.07, 6.45) is 0.777. The molecular formula is C12H20N2O. The Balaban J connectivity index is 3.13. The predicted octanol–water partition coefficient (Wildman–Crippen LogP) is 1.66. The molecule has 0 heterocycles. The molecule has 0 bridgehead atoms. The Bertz CT molecular complexity index is 337. The van der Waals surface area contributed by atoms with Crippen molar-refractivity contribution in [3.05, 3.63) is 28.8 Å². The summed E-state index contributed by atoms with van der Waals surface area (Å²) in [5, 5.41) is 0. The van der Waals surface area contributed by atoms with E-state index in [2.05, 4.69) is 19.1 Å². The van der Waals surface area contributed by atoms with Crippen LogP contribution in [0.15, 0.2) is 12.1 Å². The van der Waals surface area contributed by atoms with Crippen molar-refractivity contribution in [3.63, 3.8) is 0 Å². The Morgan fingerprint density at radius 3 is 2.53 bits per heavy atom. The normalized spacial score (nSPS) is 12.6. The van der Waals surface area contributed by atoms with E-state index in [1.807, 2.05) is 6.92 Å². The summed E-state index contributed by atoms with van der Waals surface area (Å²) < 4.78 is 5.38. The summed E-state index contributed by atoms with van der Waals surface area (Å²) in [5.41, 5.74) is 15.0. The monoisotopic (exact) mass is 208 g/mol. The topological polar surface area (TPSA) is 61.3 Å². The molecule has 84 valence electrons. The van der Waals surface area contributed by atoms with Crippen molar-refractivity contribution in [2.45, 2.75) is 26.3 Å². The van der Waals surface area contributed by atoms with Crippen molar-refractivity contribution in [1.82, 2.24) is 0 Å². The summed E-state index contributed by atoms with van der Waals surface area (Å²) in [7, 11) is 1.68. The Morgan fingerprint density at radius 2 is 2.00 bits per heavy atom. The number of rotatable bonds is 4. The van der Waals surface area contributed by atoms with E-state index in [0.717, 1.165) is 23.3 Å². The SMILES string of the molecule is COc1c(C)cc(C)cc1C(N)CCN. The molecule has 0 aliphatic carbocycles. The van der Waals surface area contributed by atoms with Crippen LogP contribution in [0.4, 0.5) is 0 Å². The smallest absolute Gasteiger partial charge is 0.126 e. The van der Waals surface area contributed by atoms with Crippen LogP contribution < -0.4 is 16.2 Å².